The molecule has 1 aromatic carbocycles. The monoisotopic (exact) mass is 241 g/mol. The molecule has 0 radical (unpaired) electrons. The Hall–Kier alpha value is -1.33. The van der Waals surface area contributed by atoms with Crippen molar-refractivity contribution in [2.24, 2.45) is 4.99 Å². The van der Waals surface area contributed by atoms with Crippen molar-refractivity contribution >= 4 is 19.5 Å². The van der Waals surface area contributed by atoms with Crippen LogP contribution in [0.4, 0.5) is 5.69 Å². The van der Waals surface area contributed by atoms with Crippen molar-refractivity contribution in [3.05, 3.63) is 29.8 Å². The highest BCUT2D eigenvalue weighted by atomic mass is 28.3. The second kappa shape index (κ2) is 3.85. The van der Waals surface area contributed by atoms with Gasteiger partial charge in [0.25, 0.3) is 0 Å². The van der Waals surface area contributed by atoms with E-state index in [0.717, 1.165) is 11.4 Å². The molecule has 88 valence electrons. The van der Waals surface area contributed by atoms with Crippen LogP contribution in [0.5, 0.6) is 0 Å². The van der Waals surface area contributed by atoms with Crippen molar-refractivity contribution in [2.45, 2.75) is 38.9 Å². The Morgan fingerprint density at radius 1 is 1.12 bits per heavy atom. The van der Waals surface area contributed by atoms with Gasteiger partial charge >= 0.3 is 0 Å². The van der Waals surface area contributed by atoms with Crippen LogP contribution in [-0.4, -0.2) is 13.8 Å². The molecule has 0 unspecified atom stereocenters. The Labute approximate surface area is 105 Å². The molecule has 2 heteroatoms. The molecule has 1 aromatic rings. The summed E-state index contributed by atoms with van der Waals surface area (Å²) in [6, 6.07) is 8.33. The number of aliphatic imine (C=N–C) groups is 1. The van der Waals surface area contributed by atoms with E-state index in [4.69, 9.17) is 0 Å². The number of hydrogen-bond acceptors (Lipinski definition) is 1. The molecule has 17 heavy (non-hydrogen) atoms. The van der Waals surface area contributed by atoms with E-state index in [1.54, 1.807) is 0 Å². The summed E-state index contributed by atoms with van der Waals surface area (Å²) in [4.78, 5) is 4.67. The molecule has 0 saturated carbocycles. The first kappa shape index (κ1) is 12.1. The van der Waals surface area contributed by atoms with Gasteiger partial charge in [-0.1, -0.05) is 43.8 Å². The van der Waals surface area contributed by atoms with Gasteiger partial charge in [-0.05, 0) is 25.5 Å². The van der Waals surface area contributed by atoms with Crippen LogP contribution < -0.4 is 0 Å². The summed E-state index contributed by atoms with van der Waals surface area (Å²) in [7, 11) is -1.33. The molecule has 1 aliphatic rings. The van der Waals surface area contributed by atoms with Gasteiger partial charge in [0.05, 0.1) is 5.69 Å². The largest absolute Gasteiger partial charge is 0.243 e. The van der Waals surface area contributed by atoms with Crippen LogP contribution in [0.2, 0.25) is 19.6 Å². The van der Waals surface area contributed by atoms with E-state index in [0.29, 0.717) is 0 Å². The Balaban J connectivity index is 2.44. The predicted molar refractivity (Wildman–Crippen MR) is 77.7 cm³/mol. The maximum atomic E-state index is 4.67. The van der Waals surface area contributed by atoms with Gasteiger partial charge in [-0.2, -0.15) is 0 Å². The van der Waals surface area contributed by atoms with E-state index in [1.807, 2.05) is 6.07 Å². The molecule has 1 aliphatic heterocycles. The third-order valence-corrected chi connectivity index (χ3v) is 3.83. The lowest BCUT2D eigenvalue weighted by Crippen LogP contribution is -2.25. The van der Waals surface area contributed by atoms with Gasteiger partial charge in [0.2, 0.25) is 0 Å². The lowest BCUT2D eigenvalue weighted by atomic mass is 9.82. The average Bonchev–Trinajstić information content (AvgIpc) is 2.47. The first-order valence-corrected chi connectivity index (χ1v) is 9.52. The SMILES string of the molecule is CC1(C)C(C#C[Si](C)(C)C)=Nc2ccccc21. The quantitative estimate of drug-likeness (QED) is 0.482. The van der Waals surface area contributed by atoms with Gasteiger partial charge in [0, 0.05) is 5.41 Å². The molecule has 1 heterocycles. The fourth-order valence-electron chi connectivity index (χ4n) is 1.92. The summed E-state index contributed by atoms with van der Waals surface area (Å²) < 4.78 is 0. The van der Waals surface area contributed by atoms with Gasteiger partial charge in [-0.15, -0.1) is 5.54 Å². The summed E-state index contributed by atoms with van der Waals surface area (Å²) >= 11 is 0. The molecule has 0 saturated heterocycles. The molecule has 0 spiro atoms. The summed E-state index contributed by atoms with van der Waals surface area (Å²) in [5, 5.41) is 0. The number of rotatable bonds is 0. The number of para-hydroxylation sites is 1. The van der Waals surface area contributed by atoms with Crippen LogP contribution in [0.25, 0.3) is 0 Å². The summed E-state index contributed by atoms with van der Waals surface area (Å²) in [5.41, 5.74) is 6.76. The van der Waals surface area contributed by atoms with Crippen LogP contribution in [0.3, 0.4) is 0 Å². The molecule has 0 fully saturated rings. The molecule has 0 atom stereocenters. The molecular formula is C15H19NSi. The molecule has 1 nitrogen and oxygen atoms in total. The zero-order chi connectivity index (χ0) is 12.7. The first-order valence-electron chi connectivity index (χ1n) is 6.02. The van der Waals surface area contributed by atoms with Crippen molar-refractivity contribution < 1.29 is 0 Å². The minimum atomic E-state index is -1.33. The minimum Gasteiger partial charge on any atom is -0.243 e. The standard InChI is InChI=1S/C15H19NSi/c1-15(2)12-8-6-7-9-13(12)16-14(15)10-11-17(3,4)5/h6-9H,1-5H3. The molecule has 0 aliphatic carbocycles. The summed E-state index contributed by atoms with van der Waals surface area (Å²) in [6.07, 6.45) is 0. The third-order valence-electron chi connectivity index (χ3n) is 2.96. The normalized spacial score (nSPS) is 16.9. The smallest absolute Gasteiger partial charge is 0.129 e. The number of benzene rings is 1. The van der Waals surface area contributed by atoms with E-state index in [1.165, 1.54) is 5.56 Å². The van der Waals surface area contributed by atoms with Crippen LogP contribution in [0, 0.1) is 11.5 Å². The third kappa shape index (κ3) is 2.35. The van der Waals surface area contributed by atoms with Gasteiger partial charge < -0.3 is 0 Å². The van der Waals surface area contributed by atoms with Crippen LogP contribution in [0.1, 0.15) is 19.4 Å². The summed E-state index contributed by atoms with van der Waals surface area (Å²) in [5.74, 6) is 3.32. The number of nitrogens with zero attached hydrogens (tertiary/aromatic N) is 1. The van der Waals surface area contributed by atoms with E-state index in [-0.39, 0.29) is 5.41 Å². The van der Waals surface area contributed by atoms with Gasteiger partial charge in [-0.25, -0.2) is 4.99 Å². The van der Waals surface area contributed by atoms with E-state index in [9.17, 15) is 0 Å². The van der Waals surface area contributed by atoms with Crippen molar-refractivity contribution in [3.63, 3.8) is 0 Å². The maximum Gasteiger partial charge on any atom is 0.129 e. The van der Waals surface area contributed by atoms with Crippen LogP contribution in [-0.2, 0) is 5.41 Å². The zero-order valence-corrected chi connectivity index (χ0v) is 12.3. The second-order valence-corrected chi connectivity index (χ2v) is 10.9. The minimum absolute atomic E-state index is 0.0384. The van der Waals surface area contributed by atoms with E-state index < -0.39 is 8.07 Å². The molecule has 0 bridgehead atoms. The van der Waals surface area contributed by atoms with Gasteiger partial charge in [-0.3, -0.25) is 0 Å². The Morgan fingerprint density at radius 2 is 1.76 bits per heavy atom. The topological polar surface area (TPSA) is 12.4 Å². The maximum absolute atomic E-state index is 4.67. The van der Waals surface area contributed by atoms with Gasteiger partial charge in [0.1, 0.15) is 13.8 Å². The molecular weight excluding hydrogens is 222 g/mol. The molecule has 0 aromatic heterocycles. The molecule has 0 amide bonds. The fraction of sp³-hybridized carbons (Fsp3) is 0.400. The van der Waals surface area contributed by atoms with Gasteiger partial charge in [0.15, 0.2) is 0 Å². The van der Waals surface area contributed by atoms with Crippen molar-refractivity contribution in [2.75, 3.05) is 0 Å². The second-order valence-electron chi connectivity index (χ2n) is 6.10. The van der Waals surface area contributed by atoms with Crippen molar-refractivity contribution in [1.82, 2.24) is 0 Å². The van der Waals surface area contributed by atoms with E-state index >= 15 is 0 Å². The predicted octanol–water partition coefficient (Wildman–Crippen LogP) is 3.93. The summed E-state index contributed by atoms with van der Waals surface area (Å²) in [6.45, 7) is 11.2. The number of hydrogen-bond donors (Lipinski definition) is 0. The Bertz CT molecular complexity index is 536. The van der Waals surface area contributed by atoms with Crippen LogP contribution in [0.15, 0.2) is 29.3 Å². The Morgan fingerprint density at radius 3 is 2.35 bits per heavy atom. The van der Waals surface area contributed by atoms with Crippen LogP contribution >= 0.6 is 0 Å². The van der Waals surface area contributed by atoms with Crippen molar-refractivity contribution in [3.8, 4) is 11.5 Å². The van der Waals surface area contributed by atoms with Crippen molar-refractivity contribution in [1.29, 1.82) is 0 Å². The number of fused-ring (bicyclic) bond motifs is 1. The fourth-order valence-corrected chi connectivity index (χ4v) is 2.41. The highest BCUT2D eigenvalue weighted by molar-refractivity contribution is 6.84. The average molecular weight is 241 g/mol. The molecule has 2 rings (SSSR count). The zero-order valence-electron chi connectivity index (χ0n) is 11.3. The lowest BCUT2D eigenvalue weighted by molar-refractivity contribution is 0.742. The highest BCUT2D eigenvalue weighted by Gasteiger charge is 2.33. The van der Waals surface area contributed by atoms with E-state index in [2.05, 4.69) is 68.1 Å². The molecule has 0 N–H and O–H groups in total. The lowest BCUT2D eigenvalue weighted by Gasteiger charge is -2.19. The highest BCUT2D eigenvalue weighted by Crippen LogP contribution is 2.39. The Kier molecular flexibility index (Phi) is 2.75. The first-order chi connectivity index (χ1) is 7.81.